The van der Waals surface area contributed by atoms with E-state index >= 15 is 0 Å². The fourth-order valence-corrected chi connectivity index (χ4v) is 3.32. The molecule has 0 saturated carbocycles. The van der Waals surface area contributed by atoms with E-state index in [1.165, 1.54) is 0 Å². The summed E-state index contributed by atoms with van der Waals surface area (Å²) < 4.78 is 5.84. The third kappa shape index (κ3) is 7.14. The molecule has 0 unspecified atom stereocenters. The topological polar surface area (TPSA) is 70.7 Å². The summed E-state index contributed by atoms with van der Waals surface area (Å²) in [6, 6.07) is 23.1. The van der Waals surface area contributed by atoms with E-state index in [0.29, 0.717) is 22.1 Å². The van der Waals surface area contributed by atoms with Crippen LogP contribution in [0.5, 0.6) is 11.5 Å². The van der Waals surface area contributed by atoms with Gasteiger partial charge < -0.3 is 15.4 Å². The Bertz CT molecular complexity index is 1110. The number of alkyl halides is 1. The van der Waals surface area contributed by atoms with Crippen molar-refractivity contribution in [3.05, 3.63) is 83.9 Å². The average Bonchev–Trinajstić information content (AvgIpc) is 2.83. The first kappa shape index (κ1) is 25.4. The fourth-order valence-electron chi connectivity index (χ4n) is 3.01. The summed E-state index contributed by atoms with van der Waals surface area (Å²) in [5.41, 5.74) is 0.510. The van der Waals surface area contributed by atoms with Gasteiger partial charge in [0.15, 0.2) is 0 Å². The van der Waals surface area contributed by atoms with Crippen LogP contribution in [-0.4, -0.2) is 30.9 Å². The van der Waals surface area contributed by atoms with Crippen LogP contribution >= 0.6 is 23.2 Å². The average molecular weight is 500 g/mol. The number of halogens is 2. The number of para-hydroxylation sites is 1. The van der Waals surface area contributed by atoms with Crippen LogP contribution < -0.4 is 20.3 Å². The maximum Gasteiger partial charge on any atom is 0.326 e. The van der Waals surface area contributed by atoms with E-state index in [0.717, 1.165) is 5.75 Å². The van der Waals surface area contributed by atoms with Gasteiger partial charge in [0.2, 0.25) is 5.91 Å². The fraction of sp³-hybridized carbons (Fsp3) is 0.231. The number of rotatable bonds is 9. The maximum absolute atomic E-state index is 13.1. The molecule has 0 aliphatic heterocycles. The molecule has 3 aromatic rings. The highest BCUT2D eigenvalue weighted by molar-refractivity contribution is 6.30. The highest BCUT2D eigenvalue weighted by atomic mass is 35.5. The third-order valence-electron chi connectivity index (χ3n) is 5.02. The van der Waals surface area contributed by atoms with Gasteiger partial charge in [-0.1, -0.05) is 35.9 Å². The number of benzene rings is 3. The van der Waals surface area contributed by atoms with Crippen molar-refractivity contribution < 1.29 is 14.3 Å². The van der Waals surface area contributed by atoms with Gasteiger partial charge in [0, 0.05) is 35.4 Å². The van der Waals surface area contributed by atoms with Crippen LogP contribution in [0.1, 0.15) is 13.8 Å². The molecule has 8 heteroatoms. The first-order valence-corrected chi connectivity index (χ1v) is 11.7. The van der Waals surface area contributed by atoms with E-state index in [-0.39, 0.29) is 30.9 Å². The van der Waals surface area contributed by atoms with Crippen molar-refractivity contribution in [2.75, 3.05) is 29.2 Å². The lowest BCUT2D eigenvalue weighted by molar-refractivity contribution is -0.128. The normalized spacial score (nSPS) is 10.9. The lowest BCUT2D eigenvalue weighted by Crippen LogP contribution is -2.44. The van der Waals surface area contributed by atoms with Gasteiger partial charge in [0.25, 0.3) is 0 Å². The molecule has 0 atom stereocenters. The summed E-state index contributed by atoms with van der Waals surface area (Å²) in [7, 11) is 0. The molecule has 0 aromatic heterocycles. The summed E-state index contributed by atoms with van der Waals surface area (Å²) in [6.45, 7) is 4.04. The standard InChI is InChI=1S/C26H27Cl2N3O3/c1-26(2,18-27)24(32)29-15-16-31(25(33)30-20-8-6-7-19(28)17-20)21-11-13-23(14-12-21)34-22-9-4-3-5-10-22/h3-14,17H,15-16,18H2,1-2H3,(H,29,32)(H,30,33). The zero-order valence-electron chi connectivity index (χ0n) is 19.1. The van der Waals surface area contributed by atoms with Gasteiger partial charge in [-0.25, -0.2) is 4.79 Å². The number of nitrogens with one attached hydrogen (secondary N) is 2. The Morgan fingerprint density at radius 2 is 1.62 bits per heavy atom. The number of anilines is 2. The van der Waals surface area contributed by atoms with Crippen molar-refractivity contribution in [3.63, 3.8) is 0 Å². The lowest BCUT2D eigenvalue weighted by atomic mass is 9.95. The molecular weight excluding hydrogens is 473 g/mol. The Morgan fingerprint density at radius 1 is 0.941 bits per heavy atom. The first-order chi connectivity index (χ1) is 16.3. The van der Waals surface area contributed by atoms with Crippen LogP contribution in [-0.2, 0) is 4.79 Å². The van der Waals surface area contributed by atoms with Crippen LogP contribution in [0.15, 0.2) is 78.9 Å². The number of hydrogen-bond acceptors (Lipinski definition) is 3. The van der Waals surface area contributed by atoms with E-state index in [1.807, 2.05) is 30.3 Å². The van der Waals surface area contributed by atoms with Crippen LogP contribution in [0.2, 0.25) is 5.02 Å². The summed E-state index contributed by atoms with van der Waals surface area (Å²) in [6.07, 6.45) is 0. The molecule has 0 aliphatic carbocycles. The molecule has 0 saturated heterocycles. The second-order valence-electron chi connectivity index (χ2n) is 8.27. The number of ether oxygens (including phenoxy) is 1. The number of carbonyl (C=O) groups is 2. The molecule has 0 spiro atoms. The van der Waals surface area contributed by atoms with Crippen LogP contribution in [0.3, 0.4) is 0 Å². The Morgan fingerprint density at radius 3 is 2.26 bits per heavy atom. The number of hydrogen-bond donors (Lipinski definition) is 2. The Balaban J connectivity index is 1.74. The van der Waals surface area contributed by atoms with E-state index in [9.17, 15) is 9.59 Å². The van der Waals surface area contributed by atoms with E-state index < -0.39 is 5.41 Å². The van der Waals surface area contributed by atoms with Gasteiger partial charge in [-0.15, -0.1) is 11.6 Å². The van der Waals surface area contributed by atoms with Crippen molar-refractivity contribution >= 4 is 46.5 Å². The molecule has 0 radical (unpaired) electrons. The molecule has 0 bridgehead atoms. The predicted molar refractivity (Wildman–Crippen MR) is 138 cm³/mol. The summed E-state index contributed by atoms with van der Waals surface area (Å²) >= 11 is 11.9. The largest absolute Gasteiger partial charge is 0.457 e. The minimum atomic E-state index is -0.703. The minimum Gasteiger partial charge on any atom is -0.457 e. The van der Waals surface area contributed by atoms with Gasteiger partial charge in [-0.05, 0) is 68.4 Å². The van der Waals surface area contributed by atoms with E-state index in [2.05, 4.69) is 10.6 Å². The zero-order valence-corrected chi connectivity index (χ0v) is 20.6. The lowest BCUT2D eigenvalue weighted by Gasteiger charge is -2.25. The molecule has 3 rings (SSSR count). The van der Waals surface area contributed by atoms with E-state index in [1.54, 1.807) is 67.3 Å². The van der Waals surface area contributed by atoms with Crippen molar-refractivity contribution in [1.29, 1.82) is 0 Å². The predicted octanol–water partition coefficient (Wildman–Crippen LogP) is 6.55. The molecule has 34 heavy (non-hydrogen) atoms. The molecule has 2 N–H and O–H groups in total. The molecule has 0 fully saturated rings. The van der Waals surface area contributed by atoms with Crippen LogP contribution in [0, 0.1) is 5.41 Å². The van der Waals surface area contributed by atoms with E-state index in [4.69, 9.17) is 27.9 Å². The van der Waals surface area contributed by atoms with Gasteiger partial charge >= 0.3 is 6.03 Å². The maximum atomic E-state index is 13.1. The van der Waals surface area contributed by atoms with Crippen molar-refractivity contribution in [2.45, 2.75) is 13.8 Å². The smallest absolute Gasteiger partial charge is 0.326 e. The summed E-state index contributed by atoms with van der Waals surface area (Å²) in [5, 5.41) is 6.22. The van der Waals surface area contributed by atoms with Crippen molar-refractivity contribution in [1.82, 2.24) is 5.32 Å². The summed E-state index contributed by atoms with van der Waals surface area (Å²) in [5.74, 6) is 1.38. The molecule has 178 valence electrons. The quantitative estimate of drug-likeness (QED) is 0.327. The van der Waals surface area contributed by atoms with Crippen molar-refractivity contribution in [3.8, 4) is 11.5 Å². The highest BCUT2D eigenvalue weighted by Gasteiger charge is 2.26. The molecule has 3 amide bonds. The van der Waals surface area contributed by atoms with Gasteiger partial charge in [-0.2, -0.15) is 0 Å². The third-order valence-corrected chi connectivity index (χ3v) is 5.92. The van der Waals surface area contributed by atoms with Crippen LogP contribution in [0.25, 0.3) is 0 Å². The summed E-state index contributed by atoms with van der Waals surface area (Å²) in [4.78, 5) is 27.1. The second-order valence-corrected chi connectivity index (χ2v) is 8.98. The molecule has 0 aliphatic rings. The SMILES string of the molecule is CC(C)(CCl)C(=O)NCCN(C(=O)Nc1cccc(Cl)c1)c1ccc(Oc2ccccc2)cc1. The molecule has 0 heterocycles. The molecular formula is C26H27Cl2N3O3. The Kier molecular flexibility index (Phi) is 8.79. The van der Waals surface area contributed by atoms with Crippen molar-refractivity contribution in [2.24, 2.45) is 5.41 Å². The number of amides is 3. The Hall–Kier alpha value is -3.22. The molecule has 6 nitrogen and oxygen atoms in total. The Labute approximate surface area is 209 Å². The van der Waals surface area contributed by atoms with Crippen LogP contribution in [0.4, 0.5) is 16.2 Å². The molecule has 3 aromatic carbocycles. The number of urea groups is 1. The number of carbonyl (C=O) groups excluding carboxylic acids is 2. The zero-order chi connectivity index (χ0) is 24.6. The monoisotopic (exact) mass is 499 g/mol. The second kappa shape index (κ2) is 11.8. The number of nitrogens with zero attached hydrogens (tertiary/aromatic N) is 1. The first-order valence-electron chi connectivity index (χ1n) is 10.8. The van der Waals surface area contributed by atoms with Gasteiger partial charge in [0.1, 0.15) is 11.5 Å². The van der Waals surface area contributed by atoms with Gasteiger partial charge in [-0.3, -0.25) is 9.69 Å². The van der Waals surface area contributed by atoms with Gasteiger partial charge in [0.05, 0.1) is 5.41 Å². The highest BCUT2D eigenvalue weighted by Crippen LogP contribution is 2.25. The minimum absolute atomic E-state index is 0.177.